The first-order chi connectivity index (χ1) is 5.66. The van der Waals surface area contributed by atoms with E-state index < -0.39 is 0 Å². The molecule has 1 aliphatic rings. The SMILES string of the molecule is CC1(CC(=O)C#N)CCCCC1. The molecule has 0 heterocycles. The molecule has 0 aromatic heterocycles. The predicted molar refractivity (Wildman–Crippen MR) is 46.4 cm³/mol. The van der Waals surface area contributed by atoms with Gasteiger partial charge in [-0.05, 0) is 18.3 Å². The Labute approximate surface area is 73.6 Å². The lowest BCUT2D eigenvalue weighted by molar-refractivity contribution is -0.116. The molecule has 1 rings (SSSR count). The second-order valence-electron chi connectivity index (χ2n) is 4.08. The van der Waals surface area contributed by atoms with Crippen molar-refractivity contribution in [1.82, 2.24) is 0 Å². The molecule has 1 fully saturated rings. The van der Waals surface area contributed by atoms with Crippen molar-refractivity contribution in [2.24, 2.45) is 5.41 Å². The lowest BCUT2D eigenvalue weighted by atomic mass is 9.73. The molecule has 66 valence electrons. The van der Waals surface area contributed by atoms with Gasteiger partial charge >= 0.3 is 0 Å². The Morgan fingerprint density at radius 2 is 2.00 bits per heavy atom. The molecule has 2 nitrogen and oxygen atoms in total. The van der Waals surface area contributed by atoms with E-state index in [0.717, 1.165) is 12.8 Å². The second-order valence-corrected chi connectivity index (χ2v) is 4.08. The third kappa shape index (κ3) is 2.34. The molecular formula is C10H15NO. The van der Waals surface area contributed by atoms with Crippen molar-refractivity contribution in [2.45, 2.75) is 45.4 Å². The van der Waals surface area contributed by atoms with Crippen molar-refractivity contribution in [3.05, 3.63) is 0 Å². The van der Waals surface area contributed by atoms with E-state index in [1.165, 1.54) is 19.3 Å². The smallest absolute Gasteiger partial charge is 0.232 e. The molecule has 0 saturated heterocycles. The molecule has 0 radical (unpaired) electrons. The van der Waals surface area contributed by atoms with Crippen molar-refractivity contribution in [3.8, 4) is 6.07 Å². The van der Waals surface area contributed by atoms with Crippen LogP contribution in [0.4, 0.5) is 0 Å². The number of ketones is 1. The first-order valence-electron chi connectivity index (χ1n) is 4.59. The van der Waals surface area contributed by atoms with Crippen LogP contribution in [-0.4, -0.2) is 5.78 Å². The van der Waals surface area contributed by atoms with Gasteiger partial charge in [-0.3, -0.25) is 4.79 Å². The normalized spacial score (nSPS) is 21.3. The largest absolute Gasteiger partial charge is 0.283 e. The minimum atomic E-state index is -0.251. The number of nitriles is 1. The van der Waals surface area contributed by atoms with E-state index >= 15 is 0 Å². The van der Waals surface area contributed by atoms with Crippen LogP contribution >= 0.6 is 0 Å². The van der Waals surface area contributed by atoms with Crippen molar-refractivity contribution < 1.29 is 4.79 Å². The summed E-state index contributed by atoms with van der Waals surface area (Å²) in [5.41, 5.74) is 0.130. The topological polar surface area (TPSA) is 40.9 Å². The zero-order valence-electron chi connectivity index (χ0n) is 7.60. The van der Waals surface area contributed by atoms with Crippen molar-refractivity contribution in [3.63, 3.8) is 0 Å². The maximum Gasteiger partial charge on any atom is 0.232 e. The van der Waals surface area contributed by atoms with Gasteiger partial charge in [0.2, 0.25) is 5.78 Å². The lowest BCUT2D eigenvalue weighted by Gasteiger charge is -2.31. The summed E-state index contributed by atoms with van der Waals surface area (Å²) in [4.78, 5) is 10.9. The van der Waals surface area contributed by atoms with Gasteiger partial charge in [-0.1, -0.05) is 26.2 Å². The van der Waals surface area contributed by atoms with Crippen LogP contribution in [-0.2, 0) is 4.79 Å². The molecular weight excluding hydrogens is 150 g/mol. The van der Waals surface area contributed by atoms with Crippen LogP contribution in [0.25, 0.3) is 0 Å². The van der Waals surface area contributed by atoms with Gasteiger partial charge in [-0.2, -0.15) is 5.26 Å². The average molecular weight is 165 g/mol. The maximum atomic E-state index is 10.9. The van der Waals surface area contributed by atoms with Gasteiger partial charge in [-0.25, -0.2) is 0 Å². The molecule has 12 heavy (non-hydrogen) atoms. The Morgan fingerprint density at radius 3 is 2.50 bits per heavy atom. The van der Waals surface area contributed by atoms with Crippen molar-refractivity contribution in [2.75, 3.05) is 0 Å². The highest BCUT2D eigenvalue weighted by Crippen LogP contribution is 2.38. The van der Waals surface area contributed by atoms with Crippen LogP contribution in [0.2, 0.25) is 0 Å². The fraction of sp³-hybridized carbons (Fsp3) is 0.800. The summed E-state index contributed by atoms with van der Waals surface area (Å²) >= 11 is 0. The van der Waals surface area contributed by atoms with Crippen molar-refractivity contribution >= 4 is 5.78 Å². The molecule has 0 aromatic rings. The second kappa shape index (κ2) is 3.71. The number of hydrogen-bond donors (Lipinski definition) is 0. The highest BCUT2D eigenvalue weighted by Gasteiger charge is 2.28. The molecule has 1 aliphatic carbocycles. The number of nitrogens with zero attached hydrogens (tertiary/aromatic N) is 1. The van der Waals surface area contributed by atoms with Crippen LogP contribution in [0.5, 0.6) is 0 Å². The van der Waals surface area contributed by atoms with Crippen LogP contribution in [0.15, 0.2) is 0 Å². The third-order valence-corrected chi connectivity index (χ3v) is 2.77. The monoisotopic (exact) mass is 165 g/mol. The van der Waals surface area contributed by atoms with E-state index in [9.17, 15) is 4.79 Å². The third-order valence-electron chi connectivity index (χ3n) is 2.77. The number of rotatable bonds is 2. The molecule has 1 saturated carbocycles. The molecule has 0 amide bonds. The quantitative estimate of drug-likeness (QED) is 0.589. The van der Waals surface area contributed by atoms with Crippen molar-refractivity contribution in [1.29, 1.82) is 5.26 Å². The molecule has 2 heteroatoms. The summed E-state index contributed by atoms with van der Waals surface area (Å²) in [6, 6.07) is 1.70. The molecule has 0 unspecified atom stereocenters. The fourth-order valence-electron chi connectivity index (χ4n) is 2.01. The minimum Gasteiger partial charge on any atom is -0.283 e. The van der Waals surface area contributed by atoms with Gasteiger partial charge in [0.05, 0.1) is 0 Å². The van der Waals surface area contributed by atoms with E-state index in [1.807, 2.05) is 0 Å². The molecule has 0 N–H and O–H groups in total. The van der Waals surface area contributed by atoms with Gasteiger partial charge in [0.15, 0.2) is 0 Å². The number of carbonyl (C=O) groups is 1. The zero-order valence-corrected chi connectivity index (χ0v) is 7.60. The molecule has 0 aliphatic heterocycles. The fourth-order valence-corrected chi connectivity index (χ4v) is 2.01. The summed E-state index contributed by atoms with van der Waals surface area (Å²) < 4.78 is 0. The van der Waals surface area contributed by atoms with Gasteiger partial charge in [0, 0.05) is 6.42 Å². The highest BCUT2D eigenvalue weighted by atomic mass is 16.1. The first-order valence-corrected chi connectivity index (χ1v) is 4.59. The van der Waals surface area contributed by atoms with Crippen LogP contribution < -0.4 is 0 Å². The summed E-state index contributed by atoms with van der Waals surface area (Å²) in [7, 11) is 0. The molecule has 0 bridgehead atoms. The molecule has 0 spiro atoms. The lowest BCUT2D eigenvalue weighted by Crippen LogP contribution is -2.23. The van der Waals surface area contributed by atoms with E-state index in [-0.39, 0.29) is 11.2 Å². The van der Waals surface area contributed by atoms with Gasteiger partial charge < -0.3 is 0 Å². The van der Waals surface area contributed by atoms with Gasteiger partial charge in [0.25, 0.3) is 0 Å². The molecule has 0 atom stereocenters. The van der Waals surface area contributed by atoms with Crippen LogP contribution in [0.3, 0.4) is 0 Å². The number of Topliss-reactive ketones (excluding diaryl/α,β-unsaturated/α-hetero) is 1. The summed E-state index contributed by atoms with van der Waals surface area (Å²) in [6.45, 7) is 2.13. The van der Waals surface area contributed by atoms with E-state index in [1.54, 1.807) is 6.07 Å². The predicted octanol–water partition coefficient (Wildman–Crippen LogP) is 2.44. The van der Waals surface area contributed by atoms with Crippen LogP contribution in [0.1, 0.15) is 45.4 Å². The van der Waals surface area contributed by atoms with E-state index in [0.29, 0.717) is 6.42 Å². The summed E-state index contributed by atoms with van der Waals surface area (Å²) in [6.07, 6.45) is 6.41. The Balaban J connectivity index is 2.48. The first kappa shape index (κ1) is 9.25. The Kier molecular flexibility index (Phi) is 2.86. The van der Waals surface area contributed by atoms with Gasteiger partial charge in [0.1, 0.15) is 6.07 Å². The highest BCUT2D eigenvalue weighted by molar-refractivity contribution is 5.93. The number of carbonyl (C=O) groups excluding carboxylic acids is 1. The minimum absolute atomic E-state index is 0.130. The summed E-state index contributed by atoms with van der Waals surface area (Å²) in [5, 5.41) is 8.38. The zero-order chi connectivity index (χ0) is 9.03. The Bertz CT molecular complexity index is 208. The average Bonchev–Trinajstić information content (AvgIpc) is 2.05. The Hall–Kier alpha value is -0.840. The van der Waals surface area contributed by atoms with E-state index in [2.05, 4.69) is 6.92 Å². The number of hydrogen-bond acceptors (Lipinski definition) is 2. The summed E-state index contributed by atoms with van der Waals surface area (Å²) in [5.74, 6) is -0.251. The standard InChI is InChI=1S/C10H15NO/c1-10(7-9(12)8-11)5-3-2-4-6-10/h2-7H2,1H3. The van der Waals surface area contributed by atoms with Crippen LogP contribution in [0, 0.1) is 16.7 Å². The van der Waals surface area contributed by atoms with Gasteiger partial charge in [-0.15, -0.1) is 0 Å². The van der Waals surface area contributed by atoms with E-state index in [4.69, 9.17) is 5.26 Å². The molecule has 0 aromatic carbocycles. The Morgan fingerprint density at radius 1 is 1.42 bits per heavy atom. The maximum absolute atomic E-state index is 10.9.